The van der Waals surface area contributed by atoms with Gasteiger partial charge in [-0.1, -0.05) is 48.0 Å². The Morgan fingerprint density at radius 2 is 1.59 bits per heavy atom. The molecule has 22 heavy (non-hydrogen) atoms. The van der Waals surface area contributed by atoms with Crippen molar-refractivity contribution in [3.05, 3.63) is 70.2 Å². The van der Waals surface area contributed by atoms with E-state index in [1.807, 2.05) is 12.1 Å². The van der Waals surface area contributed by atoms with Crippen molar-refractivity contribution in [2.45, 2.75) is 25.4 Å². The maximum atomic E-state index is 5.91. The van der Waals surface area contributed by atoms with Crippen molar-refractivity contribution in [1.82, 2.24) is 5.32 Å². The first-order chi connectivity index (χ1) is 10.8. The van der Waals surface area contributed by atoms with Crippen LogP contribution in [0.3, 0.4) is 0 Å². The molecule has 1 N–H and O–H groups in total. The molecule has 1 aliphatic rings. The fraction of sp³-hybridized carbons (Fsp3) is 0.368. The number of rotatable bonds is 5. The summed E-state index contributed by atoms with van der Waals surface area (Å²) in [6, 6.07) is 17.0. The van der Waals surface area contributed by atoms with E-state index in [1.165, 1.54) is 16.7 Å². The van der Waals surface area contributed by atoms with E-state index in [9.17, 15) is 0 Å². The molecule has 0 unspecified atom stereocenters. The van der Waals surface area contributed by atoms with Crippen molar-refractivity contribution in [3.63, 3.8) is 0 Å². The second kappa shape index (κ2) is 7.77. The summed E-state index contributed by atoms with van der Waals surface area (Å²) in [5, 5.41) is 4.17. The van der Waals surface area contributed by atoms with E-state index in [4.69, 9.17) is 16.3 Å². The van der Waals surface area contributed by atoms with Gasteiger partial charge in [-0.25, -0.2) is 0 Å². The molecule has 2 nitrogen and oxygen atoms in total. The normalized spacial score (nSPS) is 18.3. The third-order valence-electron chi connectivity index (χ3n) is 4.12. The van der Waals surface area contributed by atoms with Crippen LogP contribution < -0.4 is 5.32 Å². The smallest absolute Gasteiger partial charge is 0.0949 e. The summed E-state index contributed by atoms with van der Waals surface area (Å²) in [6.45, 7) is 2.67. The van der Waals surface area contributed by atoms with Crippen LogP contribution in [0.25, 0.3) is 0 Å². The third kappa shape index (κ3) is 4.33. The Hall–Kier alpha value is -1.35. The summed E-state index contributed by atoms with van der Waals surface area (Å²) in [6.07, 6.45) is 3.56. The van der Waals surface area contributed by atoms with E-state index in [-0.39, 0.29) is 6.10 Å². The number of ether oxygens (including phenoxy) is 1. The molecule has 3 heteroatoms. The van der Waals surface area contributed by atoms with Gasteiger partial charge in [0.2, 0.25) is 0 Å². The lowest BCUT2D eigenvalue weighted by Crippen LogP contribution is -2.33. The van der Waals surface area contributed by atoms with Gasteiger partial charge >= 0.3 is 0 Å². The van der Waals surface area contributed by atoms with Crippen molar-refractivity contribution in [1.29, 1.82) is 0 Å². The van der Waals surface area contributed by atoms with Crippen LogP contribution in [0, 0.1) is 0 Å². The first kappa shape index (κ1) is 15.5. The SMILES string of the molecule is Clc1ccc(CCCc2ccc([C@H]3CNCCO3)cc2)cc1. The molecule has 0 amide bonds. The summed E-state index contributed by atoms with van der Waals surface area (Å²) in [7, 11) is 0. The zero-order valence-corrected chi connectivity index (χ0v) is 13.5. The Kier molecular flexibility index (Phi) is 5.49. The van der Waals surface area contributed by atoms with Crippen LogP contribution in [0.2, 0.25) is 5.02 Å². The van der Waals surface area contributed by atoms with Crippen molar-refractivity contribution in [2.75, 3.05) is 19.7 Å². The van der Waals surface area contributed by atoms with Crippen molar-refractivity contribution >= 4 is 11.6 Å². The number of aryl methyl sites for hydroxylation is 2. The van der Waals surface area contributed by atoms with E-state index in [0.717, 1.165) is 44.0 Å². The Bertz CT molecular complexity index is 573. The van der Waals surface area contributed by atoms with Crippen LogP contribution in [0.5, 0.6) is 0 Å². The average molecular weight is 316 g/mol. The maximum Gasteiger partial charge on any atom is 0.0949 e. The van der Waals surface area contributed by atoms with Gasteiger partial charge in [0.15, 0.2) is 0 Å². The monoisotopic (exact) mass is 315 g/mol. The molecule has 1 saturated heterocycles. The van der Waals surface area contributed by atoms with Gasteiger partial charge in [0.1, 0.15) is 0 Å². The highest BCUT2D eigenvalue weighted by Gasteiger charge is 2.14. The lowest BCUT2D eigenvalue weighted by Gasteiger charge is -2.24. The summed E-state index contributed by atoms with van der Waals surface area (Å²) in [5.41, 5.74) is 4.01. The summed E-state index contributed by atoms with van der Waals surface area (Å²) in [5.74, 6) is 0. The quantitative estimate of drug-likeness (QED) is 0.894. The minimum Gasteiger partial charge on any atom is -0.371 e. The largest absolute Gasteiger partial charge is 0.371 e. The van der Waals surface area contributed by atoms with E-state index >= 15 is 0 Å². The second-order valence-corrected chi connectivity index (χ2v) is 6.22. The van der Waals surface area contributed by atoms with Gasteiger partial charge in [-0.05, 0) is 48.1 Å². The molecule has 0 radical (unpaired) electrons. The molecule has 1 aliphatic heterocycles. The zero-order chi connectivity index (χ0) is 15.2. The van der Waals surface area contributed by atoms with E-state index in [2.05, 4.69) is 41.7 Å². The predicted molar refractivity (Wildman–Crippen MR) is 91.5 cm³/mol. The first-order valence-electron chi connectivity index (χ1n) is 7.97. The van der Waals surface area contributed by atoms with Crippen LogP contribution in [-0.4, -0.2) is 19.7 Å². The highest BCUT2D eigenvalue weighted by atomic mass is 35.5. The van der Waals surface area contributed by atoms with Crippen LogP contribution in [0.4, 0.5) is 0 Å². The molecule has 2 aromatic rings. The highest BCUT2D eigenvalue weighted by molar-refractivity contribution is 6.30. The molecule has 0 aliphatic carbocycles. The van der Waals surface area contributed by atoms with Crippen molar-refractivity contribution < 1.29 is 4.74 Å². The van der Waals surface area contributed by atoms with Crippen molar-refractivity contribution in [2.24, 2.45) is 0 Å². The van der Waals surface area contributed by atoms with Crippen LogP contribution in [0.1, 0.15) is 29.2 Å². The molecule has 1 heterocycles. The van der Waals surface area contributed by atoms with Gasteiger partial charge in [0.25, 0.3) is 0 Å². The van der Waals surface area contributed by atoms with Gasteiger partial charge in [0.05, 0.1) is 12.7 Å². The van der Waals surface area contributed by atoms with Crippen molar-refractivity contribution in [3.8, 4) is 0 Å². The lowest BCUT2D eigenvalue weighted by molar-refractivity contribution is 0.0277. The fourth-order valence-electron chi connectivity index (χ4n) is 2.83. The van der Waals surface area contributed by atoms with Gasteiger partial charge in [-0.15, -0.1) is 0 Å². The minimum absolute atomic E-state index is 0.205. The summed E-state index contributed by atoms with van der Waals surface area (Å²) < 4.78 is 5.78. The summed E-state index contributed by atoms with van der Waals surface area (Å²) in [4.78, 5) is 0. The number of hydrogen-bond donors (Lipinski definition) is 1. The number of halogens is 1. The van der Waals surface area contributed by atoms with Gasteiger partial charge in [-0.2, -0.15) is 0 Å². The molecule has 116 valence electrons. The first-order valence-corrected chi connectivity index (χ1v) is 8.35. The second-order valence-electron chi connectivity index (χ2n) is 5.79. The predicted octanol–water partition coefficient (Wildman–Crippen LogP) is 4.18. The molecule has 3 rings (SSSR count). The molecule has 1 fully saturated rings. The third-order valence-corrected chi connectivity index (χ3v) is 4.38. The molecule has 0 spiro atoms. The van der Waals surface area contributed by atoms with Gasteiger partial charge in [0, 0.05) is 18.1 Å². The van der Waals surface area contributed by atoms with Crippen LogP contribution in [-0.2, 0) is 17.6 Å². The zero-order valence-electron chi connectivity index (χ0n) is 12.7. The Labute approximate surface area is 137 Å². The fourth-order valence-corrected chi connectivity index (χ4v) is 2.95. The molecule has 2 aromatic carbocycles. The topological polar surface area (TPSA) is 21.3 Å². The number of hydrogen-bond acceptors (Lipinski definition) is 2. The maximum absolute atomic E-state index is 5.91. The van der Waals surface area contributed by atoms with E-state index in [1.54, 1.807) is 0 Å². The van der Waals surface area contributed by atoms with E-state index < -0.39 is 0 Å². The highest BCUT2D eigenvalue weighted by Crippen LogP contribution is 2.20. The number of nitrogens with one attached hydrogen (secondary N) is 1. The van der Waals surface area contributed by atoms with Crippen LogP contribution >= 0.6 is 11.6 Å². The standard InChI is InChI=1S/C19H22ClNO/c20-18-10-6-16(7-11-18)3-1-2-15-4-8-17(9-5-15)19-14-21-12-13-22-19/h4-11,19,21H,1-3,12-14H2/t19-/m1/s1. The number of benzene rings is 2. The number of morpholine rings is 1. The Morgan fingerprint density at radius 3 is 2.18 bits per heavy atom. The average Bonchev–Trinajstić information content (AvgIpc) is 2.58. The Morgan fingerprint density at radius 1 is 0.955 bits per heavy atom. The molecular weight excluding hydrogens is 294 g/mol. The van der Waals surface area contributed by atoms with E-state index in [0.29, 0.717) is 0 Å². The molecule has 0 aromatic heterocycles. The molecule has 1 atom stereocenters. The van der Waals surface area contributed by atoms with Crippen LogP contribution in [0.15, 0.2) is 48.5 Å². The minimum atomic E-state index is 0.205. The van der Waals surface area contributed by atoms with Gasteiger partial charge < -0.3 is 10.1 Å². The molecular formula is C19H22ClNO. The van der Waals surface area contributed by atoms with Gasteiger partial charge in [-0.3, -0.25) is 0 Å². The Balaban J connectivity index is 1.49. The molecule has 0 bridgehead atoms. The molecule has 0 saturated carbocycles. The lowest BCUT2D eigenvalue weighted by atomic mass is 10.0. The summed E-state index contributed by atoms with van der Waals surface area (Å²) >= 11 is 5.91.